The van der Waals surface area contributed by atoms with E-state index in [0.717, 1.165) is 16.9 Å². The number of hydrogen-bond donors (Lipinski definition) is 1. The predicted octanol–water partition coefficient (Wildman–Crippen LogP) is 4.67. The first-order valence-corrected chi connectivity index (χ1v) is 8.30. The molecule has 3 rings (SSSR count). The van der Waals surface area contributed by atoms with Crippen molar-refractivity contribution < 1.29 is 13.9 Å². The molecule has 1 amide bonds. The van der Waals surface area contributed by atoms with Crippen molar-refractivity contribution in [2.24, 2.45) is 0 Å². The first-order valence-electron chi connectivity index (χ1n) is 6.72. The van der Waals surface area contributed by atoms with Crippen molar-refractivity contribution in [2.45, 2.75) is 6.92 Å². The van der Waals surface area contributed by atoms with Gasteiger partial charge in [-0.25, -0.2) is 0 Å². The summed E-state index contributed by atoms with van der Waals surface area (Å²) in [5.41, 5.74) is 1.92. The number of anilines is 1. The number of nitrogens with zero attached hydrogens (tertiary/aromatic N) is 2. The van der Waals surface area contributed by atoms with E-state index in [1.54, 1.807) is 7.11 Å². The van der Waals surface area contributed by atoms with E-state index in [1.807, 2.05) is 25.1 Å². The van der Waals surface area contributed by atoms with E-state index in [2.05, 4.69) is 15.5 Å². The summed E-state index contributed by atoms with van der Waals surface area (Å²) in [6.45, 7) is 1.95. The molecule has 0 aliphatic carbocycles. The molecule has 2 aromatic heterocycles. The summed E-state index contributed by atoms with van der Waals surface area (Å²) in [6.07, 6.45) is 0. The smallest absolute Gasteiger partial charge is 0.322 e. The number of thiophene rings is 1. The molecule has 0 bridgehead atoms. The molecule has 124 valence electrons. The number of hydrogen-bond acceptors (Lipinski definition) is 6. The summed E-state index contributed by atoms with van der Waals surface area (Å²) in [7, 11) is 1.56. The molecule has 0 aliphatic heterocycles. The Hall–Kier alpha value is -2.09. The summed E-state index contributed by atoms with van der Waals surface area (Å²) in [5, 5.41) is 10.2. The molecule has 0 unspecified atom stereocenters. The van der Waals surface area contributed by atoms with Crippen LogP contribution in [-0.4, -0.2) is 23.2 Å². The van der Waals surface area contributed by atoms with Crippen molar-refractivity contribution in [3.8, 4) is 17.2 Å². The first kappa shape index (κ1) is 16.8. The molecule has 0 fully saturated rings. The van der Waals surface area contributed by atoms with E-state index in [0.29, 0.717) is 15.6 Å². The zero-order valence-corrected chi connectivity index (χ0v) is 14.9. The van der Waals surface area contributed by atoms with Gasteiger partial charge in [-0.2, -0.15) is 0 Å². The van der Waals surface area contributed by atoms with Gasteiger partial charge in [-0.1, -0.05) is 34.4 Å². The average molecular weight is 384 g/mol. The van der Waals surface area contributed by atoms with E-state index < -0.39 is 5.91 Å². The predicted molar refractivity (Wildman–Crippen MR) is 93.3 cm³/mol. The lowest BCUT2D eigenvalue weighted by Crippen LogP contribution is -2.11. The van der Waals surface area contributed by atoms with Crippen molar-refractivity contribution in [3.05, 3.63) is 44.1 Å². The molecule has 0 atom stereocenters. The SMILES string of the molecule is COc1cc(C)ccc1-c1nnc(NC(=O)c2cc(Cl)sc2Cl)o1. The summed E-state index contributed by atoms with van der Waals surface area (Å²) >= 11 is 12.9. The normalized spacial score (nSPS) is 10.7. The van der Waals surface area contributed by atoms with Gasteiger partial charge in [0.2, 0.25) is 0 Å². The minimum absolute atomic E-state index is 0.0454. The fraction of sp³-hybridized carbons (Fsp3) is 0.133. The van der Waals surface area contributed by atoms with E-state index >= 15 is 0 Å². The van der Waals surface area contributed by atoms with Crippen LogP contribution in [0.15, 0.2) is 28.7 Å². The number of amides is 1. The van der Waals surface area contributed by atoms with Crippen LogP contribution in [0.1, 0.15) is 15.9 Å². The zero-order valence-electron chi connectivity index (χ0n) is 12.6. The van der Waals surface area contributed by atoms with E-state index in [-0.39, 0.29) is 21.8 Å². The summed E-state index contributed by atoms with van der Waals surface area (Å²) < 4.78 is 11.5. The number of aromatic nitrogens is 2. The van der Waals surface area contributed by atoms with Gasteiger partial charge in [-0.05, 0) is 30.7 Å². The minimum atomic E-state index is -0.478. The van der Waals surface area contributed by atoms with Crippen LogP contribution in [0, 0.1) is 6.92 Å². The standard InChI is InChI=1S/C15H11Cl2N3O3S/c1-7-3-4-8(10(5-7)22-2)14-19-20-15(23-14)18-13(21)9-6-11(16)24-12(9)17/h3-6H,1-2H3,(H,18,20,21). The minimum Gasteiger partial charge on any atom is -0.496 e. The van der Waals surface area contributed by atoms with Crippen LogP contribution >= 0.6 is 34.5 Å². The van der Waals surface area contributed by atoms with Crippen LogP contribution in [0.4, 0.5) is 6.01 Å². The van der Waals surface area contributed by atoms with Crippen molar-refractivity contribution in [2.75, 3.05) is 12.4 Å². The number of methoxy groups -OCH3 is 1. The summed E-state index contributed by atoms with van der Waals surface area (Å²) in [6, 6.07) is 6.99. The van der Waals surface area contributed by atoms with Crippen molar-refractivity contribution in [1.29, 1.82) is 0 Å². The molecule has 6 nitrogen and oxygen atoms in total. The largest absolute Gasteiger partial charge is 0.496 e. The number of benzene rings is 1. The Morgan fingerprint density at radius 3 is 2.75 bits per heavy atom. The number of nitrogens with one attached hydrogen (secondary N) is 1. The number of aryl methyl sites for hydroxylation is 1. The average Bonchev–Trinajstić information content (AvgIpc) is 3.13. The van der Waals surface area contributed by atoms with Gasteiger partial charge >= 0.3 is 6.01 Å². The Kier molecular flexibility index (Phi) is 4.75. The monoisotopic (exact) mass is 383 g/mol. The lowest BCUT2D eigenvalue weighted by Gasteiger charge is -2.05. The number of rotatable bonds is 4. The maximum absolute atomic E-state index is 12.2. The van der Waals surface area contributed by atoms with Gasteiger partial charge in [-0.15, -0.1) is 16.4 Å². The molecule has 24 heavy (non-hydrogen) atoms. The molecule has 1 aromatic carbocycles. The van der Waals surface area contributed by atoms with Gasteiger partial charge in [0.1, 0.15) is 10.1 Å². The van der Waals surface area contributed by atoms with Gasteiger partial charge in [0.05, 0.1) is 22.6 Å². The van der Waals surface area contributed by atoms with Gasteiger partial charge in [0.25, 0.3) is 11.8 Å². The quantitative estimate of drug-likeness (QED) is 0.707. The highest BCUT2D eigenvalue weighted by Crippen LogP contribution is 2.33. The van der Waals surface area contributed by atoms with E-state index in [4.69, 9.17) is 32.4 Å². The second-order valence-corrected chi connectivity index (χ2v) is 7.09. The Bertz CT molecular complexity index is 907. The molecule has 0 aliphatic rings. The van der Waals surface area contributed by atoms with Gasteiger partial charge in [-0.3, -0.25) is 10.1 Å². The summed E-state index contributed by atoms with van der Waals surface area (Å²) in [4.78, 5) is 12.2. The molecular weight excluding hydrogens is 373 g/mol. The highest BCUT2D eigenvalue weighted by molar-refractivity contribution is 7.20. The van der Waals surface area contributed by atoms with Crippen LogP contribution < -0.4 is 10.1 Å². The fourth-order valence-corrected chi connectivity index (χ4v) is 3.48. The van der Waals surface area contributed by atoms with E-state index in [1.165, 1.54) is 6.07 Å². The highest BCUT2D eigenvalue weighted by atomic mass is 35.5. The lowest BCUT2D eigenvalue weighted by atomic mass is 10.1. The molecule has 0 saturated carbocycles. The molecule has 3 aromatic rings. The van der Waals surface area contributed by atoms with Crippen molar-refractivity contribution in [3.63, 3.8) is 0 Å². The number of carbonyl (C=O) groups excluding carboxylic acids is 1. The molecule has 1 N–H and O–H groups in total. The third-order valence-electron chi connectivity index (χ3n) is 3.13. The number of ether oxygens (including phenoxy) is 1. The molecule has 0 spiro atoms. The highest BCUT2D eigenvalue weighted by Gasteiger charge is 2.18. The number of halogens is 2. The second kappa shape index (κ2) is 6.80. The maximum Gasteiger partial charge on any atom is 0.322 e. The number of carbonyl (C=O) groups is 1. The van der Waals surface area contributed by atoms with Crippen LogP contribution in [0.2, 0.25) is 8.67 Å². The van der Waals surface area contributed by atoms with Crippen LogP contribution in [0.25, 0.3) is 11.5 Å². The maximum atomic E-state index is 12.2. The van der Waals surface area contributed by atoms with Crippen LogP contribution in [0.5, 0.6) is 5.75 Å². The van der Waals surface area contributed by atoms with Crippen molar-refractivity contribution in [1.82, 2.24) is 10.2 Å². The van der Waals surface area contributed by atoms with Gasteiger partial charge < -0.3 is 9.15 Å². The Balaban J connectivity index is 1.84. The third kappa shape index (κ3) is 3.38. The first-order chi connectivity index (χ1) is 11.5. The Morgan fingerprint density at radius 2 is 2.08 bits per heavy atom. The summed E-state index contributed by atoms with van der Waals surface area (Å²) in [5.74, 6) is 0.356. The topological polar surface area (TPSA) is 77.3 Å². The molecule has 9 heteroatoms. The molecule has 0 saturated heterocycles. The Labute approximate surface area is 151 Å². The molecular formula is C15H11Cl2N3O3S. The van der Waals surface area contributed by atoms with Crippen LogP contribution in [0.3, 0.4) is 0 Å². The third-order valence-corrected chi connectivity index (χ3v) is 4.62. The van der Waals surface area contributed by atoms with Gasteiger partial charge in [0.15, 0.2) is 0 Å². The lowest BCUT2D eigenvalue weighted by molar-refractivity contribution is 0.102. The second-order valence-electron chi connectivity index (χ2n) is 4.81. The van der Waals surface area contributed by atoms with Gasteiger partial charge in [0, 0.05) is 0 Å². The van der Waals surface area contributed by atoms with E-state index in [9.17, 15) is 4.79 Å². The molecule has 2 heterocycles. The zero-order chi connectivity index (χ0) is 17.3. The molecule has 0 radical (unpaired) electrons. The Morgan fingerprint density at radius 1 is 1.29 bits per heavy atom. The van der Waals surface area contributed by atoms with Crippen molar-refractivity contribution >= 4 is 46.5 Å². The fourth-order valence-electron chi connectivity index (χ4n) is 2.02. The van der Waals surface area contributed by atoms with Crippen LogP contribution in [-0.2, 0) is 0 Å².